The lowest BCUT2D eigenvalue weighted by Gasteiger charge is -2.35. The zero-order valence-electron chi connectivity index (χ0n) is 22.4. The van der Waals surface area contributed by atoms with Crippen LogP contribution in [0.2, 0.25) is 0 Å². The molecule has 4 heterocycles. The van der Waals surface area contributed by atoms with Gasteiger partial charge >= 0.3 is 6.09 Å². The quantitative estimate of drug-likeness (QED) is 0.492. The number of nitrogens with one attached hydrogen (secondary N) is 1. The van der Waals surface area contributed by atoms with Crippen molar-refractivity contribution in [2.24, 2.45) is 0 Å². The molecule has 0 bridgehead atoms. The molecule has 0 atom stereocenters. The Labute approximate surface area is 222 Å². The Morgan fingerprint density at radius 2 is 1.97 bits per heavy atom. The van der Waals surface area contributed by atoms with E-state index >= 15 is 0 Å². The second kappa shape index (κ2) is 9.92. The lowest BCUT2D eigenvalue weighted by atomic mass is 10.0. The standard InChI is InChI=1S/C28H32N6O4/c1-17-12-21(7-6-20(17)16-35)31-26-30-13-19-8-9-33(15-22(19)32-26)23-14-29-25-24(18(23)2)34(10-11-37-25)27(36)38-28(3,4)5/h6-7,12-14,16H,8-11,15H2,1-5H3,(H,30,31,32). The Kier molecular flexibility index (Phi) is 6.64. The van der Waals surface area contributed by atoms with Gasteiger partial charge in [0.2, 0.25) is 11.8 Å². The third-order valence-corrected chi connectivity index (χ3v) is 6.62. The summed E-state index contributed by atoms with van der Waals surface area (Å²) in [7, 11) is 0. The smallest absolute Gasteiger partial charge is 0.415 e. The molecule has 38 heavy (non-hydrogen) atoms. The number of aromatic nitrogens is 3. The van der Waals surface area contributed by atoms with Gasteiger partial charge in [0, 0.05) is 29.6 Å². The Morgan fingerprint density at radius 3 is 2.71 bits per heavy atom. The van der Waals surface area contributed by atoms with Crippen molar-refractivity contribution >= 4 is 35.4 Å². The topological polar surface area (TPSA) is 110 Å². The number of aryl methyl sites for hydroxylation is 1. The SMILES string of the molecule is Cc1cc(Nc2ncc3c(n2)CN(c2cnc4c(c2C)N(C(=O)OC(C)(C)C)CCO4)CC3)ccc1C=O. The molecule has 5 rings (SSSR count). The summed E-state index contributed by atoms with van der Waals surface area (Å²) in [5.41, 5.74) is 6.24. The summed E-state index contributed by atoms with van der Waals surface area (Å²) < 4.78 is 11.4. The maximum atomic E-state index is 13.0. The lowest BCUT2D eigenvalue weighted by molar-refractivity contribution is 0.0566. The van der Waals surface area contributed by atoms with Gasteiger partial charge in [-0.3, -0.25) is 9.69 Å². The van der Waals surface area contributed by atoms with E-state index in [1.54, 1.807) is 17.2 Å². The van der Waals surface area contributed by atoms with Crippen molar-refractivity contribution in [2.75, 3.05) is 34.8 Å². The van der Waals surface area contributed by atoms with Crippen molar-refractivity contribution in [3.8, 4) is 5.88 Å². The van der Waals surface area contributed by atoms with E-state index in [0.29, 0.717) is 42.8 Å². The van der Waals surface area contributed by atoms with E-state index < -0.39 is 11.7 Å². The third-order valence-electron chi connectivity index (χ3n) is 6.62. The normalized spacial score (nSPS) is 14.8. The van der Waals surface area contributed by atoms with Crippen LogP contribution in [0.4, 0.5) is 27.8 Å². The van der Waals surface area contributed by atoms with Crippen LogP contribution in [0, 0.1) is 13.8 Å². The van der Waals surface area contributed by atoms with Crippen LogP contribution in [0.15, 0.2) is 30.6 Å². The van der Waals surface area contributed by atoms with Crippen LogP contribution < -0.4 is 19.9 Å². The summed E-state index contributed by atoms with van der Waals surface area (Å²) in [6.07, 6.45) is 4.89. The van der Waals surface area contributed by atoms with Crippen molar-refractivity contribution in [1.82, 2.24) is 15.0 Å². The van der Waals surface area contributed by atoms with Crippen LogP contribution >= 0.6 is 0 Å². The molecule has 1 aromatic carbocycles. The number of fused-ring (bicyclic) bond motifs is 2. The van der Waals surface area contributed by atoms with Crippen LogP contribution in [0.3, 0.4) is 0 Å². The molecule has 0 spiro atoms. The van der Waals surface area contributed by atoms with E-state index in [2.05, 4.69) is 20.2 Å². The first-order valence-electron chi connectivity index (χ1n) is 12.7. The first-order valence-corrected chi connectivity index (χ1v) is 12.7. The van der Waals surface area contributed by atoms with Gasteiger partial charge in [-0.15, -0.1) is 0 Å². The van der Waals surface area contributed by atoms with Crippen molar-refractivity contribution in [1.29, 1.82) is 0 Å². The number of nitrogens with zero attached hydrogens (tertiary/aromatic N) is 5. The number of hydrogen-bond acceptors (Lipinski definition) is 9. The molecule has 2 aliphatic rings. The second-order valence-electron chi connectivity index (χ2n) is 10.6. The predicted octanol–water partition coefficient (Wildman–Crippen LogP) is 4.74. The van der Waals surface area contributed by atoms with Crippen LogP contribution in [0.25, 0.3) is 0 Å². The summed E-state index contributed by atoms with van der Waals surface area (Å²) >= 11 is 0. The zero-order chi connectivity index (χ0) is 27.0. The fraction of sp³-hybridized carbons (Fsp3) is 0.393. The molecule has 1 N–H and O–H groups in total. The van der Waals surface area contributed by atoms with Gasteiger partial charge in [0.05, 0.1) is 30.7 Å². The monoisotopic (exact) mass is 516 g/mol. The number of rotatable bonds is 4. The van der Waals surface area contributed by atoms with E-state index in [1.165, 1.54) is 0 Å². The van der Waals surface area contributed by atoms with Gasteiger partial charge in [0.25, 0.3) is 0 Å². The van der Waals surface area contributed by atoms with E-state index in [4.69, 9.17) is 14.5 Å². The largest absolute Gasteiger partial charge is 0.474 e. The number of amides is 1. The van der Waals surface area contributed by atoms with Gasteiger partial charge < -0.3 is 19.7 Å². The minimum atomic E-state index is -0.605. The van der Waals surface area contributed by atoms with Crippen LogP contribution in [0.1, 0.15) is 53.5 Å². The zero-order valence-corrected chi connectivity index (χ0v) is 22.4. The van der Waals surface area contributed by atoms with Crippen molar-refractivity contribution in [3.05, 3.63) is 58.5 Å². The maximum absolute atomic E-state index is 13.0. The molecule has 0 saturated heterocycles. The number of pyridine rings is 1. The van der Waals surface area contributed by atoms with Crippen LogP contribution in [-0.4, -0.2) is 52.6 Å². The van der Waals surface area contributed by atoms with E-state index in [1.807, 2.05) is 52.9 Å². The molecule has 0 radical (unpaired) electrons. The maximum Gasteiger partial charge on any atom is 0.415 e. The second-order valence-corrected chi connectivity index (χ2v) is 10.6. The minimum Gasteiger partial charge on any atom is -0.474 e. The molecule has 3 aromatic rings. The number of ether oxygens (including phenoxy) is 2. The third kappa shape index (κ3) is 5.11. The summed E-state index contributed by atoms with van der Waals surface area (Å²) in [5, 5.41) is 3.25. The molecule has 0 fully saturated rings. The fourth-order valence-corrected chi connectivity index (χ4v) is 4.73. The molecule has 2 aromatic heterocycles. The lowest BCUT2D eigenvalue weighted by Crippen LogP contribution is -2.42. The highest BCUT2D eigenvalue weighted by Gasteiger charge is 2.32. The van der Waals surface area contributed by atoms with Gasteiger partial charge in [-0.2, -0.15) is 0 Å². The van der Waals surface area contributed by atoms with E-state index in [0.717, 1.165) is 53.0 Å². The fourth-order valence-electron chi connectivity index (χ4n) is 4.73. The summed E-state index contributed by atoms with van der Waals surface area (Å²) in [4.78, 5) is 41.8. The average molecular weight is 517 g/mol. The number of carbonyl (C=O) groups excluding carboxylic acids is 2. The highest BCUT2D eigenvalue weighted by molar-refractivity contribution is 5.92. The average Bonchev–Trinajstić information content (AvgIpc) is 2.87. The minimum absolute atomic E-state index is 0.360. The van der Waals surface area contributed by atoms with Gasteiger partial charge in [0.1, 0.15) is 24.2 Å². The van der Waals surface area contributed by atoms with Gasteiger partial charge in [0.15, 0.2) is 0 Å². The Hall–Kier alpha value is -4.21. The molecular formula is C28H32N6O4. The van der Waals surface area contributed by atoms with Gasteiger partial charge in [-0.1, -0.05) is 0 Å². The number of carbonyl (C=O) groups is 2. The van der Waals surface area contributed by atoms with E-state index in [-0.39, 0.29) is 0 Å². The molecule has 10 nitrogen and oxygen atoms in total. The van der Waals surface area contributed by atoms with Crippen molar-refractivity contribution in [3.63, 3.8) is 0 Å². The number of hydrogen-bond donors (Lipinski definition) is 1. The summed E-state index contributed by atoms with van der Waals surface area (Å²) in [6, 6.07) is 5.52. The van der Waals surface area contributed by atoms with Crippen LogP contribution in [-0.2, 0) is 17.7 Å². The molecule has 2 aliphatic heterocycles. The number of anilines is 4. The molecule has 0 aliphatic carbocycles. The molecule has 1 amide bonds. The van der Waals surface area contributed by atoms with Crippen molar-refractivity contribution < 1.29 is 19.1 Å². The highest BCUT2D eigenvalue weighted by atomic mass is 16.6. The number of aldehydes is 1. The summed E-state index contributed by atoms with van der Waals surface area (Å²) in [5.74, 6) is 0.930. The molecule has 0 saturated carbocycles. The van der Waals surface area contributed by atoms with E-state index in [9.17, 15) is 9.59 Å². The number of benzene rings is 1. The summed E-state index contributed by atoms with van der Waals surface area (Å²) in [6.45, 7) is 11.5. The first kappa shape index (κ1) is 25.4. The Bertz CT molecular complexity index is 1400. The Morgan fingerprint density at radius 1 is 1.16 bits per heavy atom. The van der Waals surface area contributed by atoms with Gasteiger partial charge in [-0.25, -0.2) is 19.7 Å². The molecular weight excluding hydrogens is 484 g/mol. The molecule has 198 valence electrons. The molecule has 0 unspecified atom stereocenters. The van der Waals surface area contributed by atoms with Gasteiger partial charge in [-0.05, 0) is 70.4 Å². The highest BCUT2D eigenvalue weighted by Crippen LogP contribution is 2.39. The van der Waals surface area contributed by atoms with Crippen LogP contribution in [0.5, 0.6) is 5.88 Å². The first-order chi connectivity index (χ1) is 18.1. The predicted molar refractivity (Wildman–Crippen MR) is 145 cm³/mol. The Balaban J connectivity index is 1.40. The van der Waals surface area contributed by atoms with Crippen molar-refractivity contribution in [2.45, 2.75) is 53.2 Å². The molecule has 10 heteroatoms.